The van der Waals surface area contributed by atoms with Gasteiger partial charge in [-0.15, -0.1) is 11.8 Å². The van der Waals surface area contributed by atoms with Gasteiger partial charge in [0.1, 0.15) is 0 Å². The van der Waals surface area contributed by atoms with Crippen molar-refractivity contribution in [2.45, 2.75) is 29.2 Å². The number of thioether (sulfide) groups is 1. The molecule has 0 unspecified atom stereocenters. The molecule has 6 nitrogen and oxygen atoms in total. The van der Waals surface area contributed by atoms with Crippen molar-refractivity contribution in [2.75, 3.05) is 28.4 Å². The van der Waals surface area contributed by atoms with Crippen molar-refractivity contribution in [1.29, 1.82) is 0 Å². The molecule has 0 radical (unpaired) electrons. The molecule has 2 aliphatic rings. The smallest absolute Gasteiger partial charge is 0.227 e. The van der Waals surface area contributed by atoms with Crippen molar-refractivity contribution in [3.63, 3.8) is 0 Å². The summed E-state index contributed by atoms with van der Waals surface area (Å²) in [6, 6.07) is 18.1. The average Bonchev–Trinajstić information content (AvgIpc) is 2.87. The minimum Gasteiger partial charge on any atom is -0.493 e. The first-order valence-electron chi connectivity index (χ1n) is 11.1. The maximum absolute atomic E-state index is 13.5. The SMILES string of the molecule is COc1cc2c(cc1OC)[C@@H]1[C@@H](Sc3ccccc3)c3ccc(OC)c(OC)c3CN1C(=O)C2. The fraction of sp³-hybridized carbons (Fsp3) is 0.296. The Morgan fingerprint density at radius 1 is 0.824 bits per heavy atom. The van der Waals surface area contributed by atoms with E-state index < -0.39 is 0 Å². The van der Waals surface area contributed by atoms with Crippen molar-refractivity contribution >= 4 is 17.7 Å². The lowest BCUT2D eigenvalue weighted by atomic mass is 9.82. The van der Waals surface area contributed by atoms with Crippen LogP contribution in [0.5, 0.6) is 23.0 Å². The topological polar surface area (TPSA) is 57.2 Å². The number of fused-ring (bicyclic) bond motifs is 4. The van der Waals surface area contributed by atoms with Crippen LogP contribution in [-0.2, 0) is 17.8 Å². The Hall–Kier alpha value is -3.32. The van der Waals surface area contributed by atoms with Gasteiger partial charge in [-0.05, 0) is 47.0 Å². The molecule has 0 spiro atoms. The summed E-state index contributed by atoms with van der Waals surface area (Å²) in [5.74, 6) is 2.73. The van der Waals surface area contributed by atoms with Gasteiger partial charge in [0.25, 0.3) is 0 Å². The van der Waals surface area contributed by atoms with Crippen LogP contribution in [0.1, 0.15) is 33.5 Å². The molecule has 0 saturated carbocycles. The van der Waals surface area contributed by atoms with E-state index in [0.29, 0.717) is 36.0 Å². The molecule has 176 valence electrons. The number of hydrogen-bond donors (Lipinski definition) is 0. The van der Waals surface area contributed by atoms with E-state index in [1.165, 1.54) is 0 Å². The average molecular weight is 478 g/mol. The lowest BCUT2D eigenvalue weighted by Gasteiger charge is -2.46. The number of rotatable bonds is 6. The molecule has 0 bridgehead atoms. The molecule has 1 amide bonds. The summed E-state index contributed by atoms with van der Waals surface area (Å²) in [5.41, 5.74) is 4.20. The van der Waals surface area contributed by atoms with Crippen molar-refractivity contribution in [1.82, 2.24) is 4.90 Å². The number of nitrogens with zero attached hydrogens (tertiary/aromatic N) is 1. The highest BCUT2D eigenvalue weighted by Gasteiger charge is 2.44. The number of methoxy groups -OCH3 is 4. The van der Waals surface area contributed by atoms with E-state index >= 15 is 0 Å². The number of ether oxygens (including phenoxy) is 4. The molecule has 0 N–H and O–H groups in total. The Morgan fingerprint density at radius 2 is 1.53 bits per heavy atom. The van der Waals surface area contributed by atoms with Gasteiger partial charge in [-0.1, -0.05) is 24.3 Å². The minimum absolute atomic E-state index is 0.0490. The minimum atomic E-state index is -0.160. The van der Waals surface area contributed by atoms with Crippen molar-refractivity contribution in [2.24, 2.45) is 0 Å². The Balaban J connectivity index is 1.72. The van der Waals surface area contributed by atoms with Crippen LogP contribution < -0.4 is 18.9 Å². The van der Waals surface area contributed by atoms with E-state index in [0.717, 1.165) is 27.1 Å². The van der Waals surface area contributed by atoms with Crippen molar-refractivity contribution in [3.8, 4) is 23.0 Å². The summed E-state index contributed by atoms with van der Waals surface area (Å²) in [5, 5.41) is -0.0490. The zero-order valence-corrected chi connectivity index (χ0v) is 20.5. The summed E-state index contributed by atoms with van der Waals surface area (Å²) in [4.78, 5) is 16.6. The van der Waals surface area contributed by atoms with Crippen molar-refractivity contribution < 1.29 is 23.7 Å². The van der Waals surface area contributed by atoms with E-state index in [4.69, 9.17) is 18.9 Å². The molecule has 7 heteroatoms. The molecule has 3 aromatic carbocycles. The predicted octanol–water partition coefficient (Wildman–Crippen LogP) is 5.19. The summed E-state index contributed by atoms with van der Waals surface area (Å²) in [7, 11) is 6.54. The number of carbonyl (C=O) groups excluding carboxylic acids is 1. The number of hydrogen-bond acceptors (Lipinski definition) is 6. The summed E-state index contributed by atoms with van der Waals surface area (Å²) < 4.78 is 22.5. The highest BCUT2D eigenvalue weighted by Crippen LogP contribution is 2.56. The summed E-state index contributed by atoms with van der Waals surface area (Å²) in [6.07, 6.45) is 0.316. The van der Waals surface area contributed by atoms with E-state index in [9.17, 15) is 4.79 Å². The van der Waals surface area contributed by atoms with Gasteiger partial charge in [0.05, 0.1) is 52.7 Å². The molecule has 0 aliphatic carbocycles. The molecule has 0 aromatic heterocycles. The predicted molar refractivity (Wildman–Crippen MR) is 131 cm³/mol. The number of carbonyl (C=O) groups is 1. The molecule has 34 heavy (non-hydrogen) atoms. The van der Waals surface area contributed by atoms with Gasteiger partial charge in [0.15, 0.2) is 23.0 Å². The van der Waals surface area contributed by atoms with Crippen LogP contribution in [0, 0.1) is 0 Å². The number of benzene rings is 3. The van der Waals surface area contributed by atoms with Crippen LogP contribution in [-0.4, -0.2) is 39.2 Å². The normalized spacial score (nSPS) is 18.5. The first-order chi connectivity index (χ1) is 16.6. The maximum atomic E-state index is 13.5. The van der Waals surface area contributed by atoms with Crippen LogP contribution >= 0.6 is 11.8 Å². The van der Waals surface area contributed by atoms with Crippen molar-refractivity contribution in [3.05, 3.63) is 76.9 Å². The Labute approximate surface area is 203 Å². The molecule has 3 aromatic rings. The summed E-state index contributed by atoms with van der Waals surface area (Å²) >= 11 is 1.75. The van der Waals surface area contributed by atoms with Crippen LogP contribution in [0.3, 0.4) is 0 Å². The highest BCUT2D eigenvalue weighted by atomic mass is 32.2. The van der Waals surface area contributed by atoms with E-state index in [-0.39, 0.29) is 17.2 Å². The van der Waals surface area contributed by atoms with Crippen LogP contribution in [0.15, 0.2) is 59.5 Å². The van der Waals surface area contributed by atoms with Gasteiger partial charge in [0.2, 0.25) is 5.91 Å². The zero-order valence-electron chi connectivity index (χ0n) is 19.7. The molecule has 5 rings (SSSR count). The number of amides is 1. The Kier molecular flexibility index (Phi) is 6.04. The third-order valence-electron chi connectivity index (χ3n) is 6.57. The zero-order chi connectivity index (χ0) is 23.8. The quantitative estimate of drug-likeness (QED) is 0.487. The van der Waals surface area contributed by atoms with Gasteiger partial charge < -0.3 is 23.8 Å². The molecule has 0 fully saturated rings. The second-order valence-corrected chi connectivity index (χ2v) is 9.48. The molecule has 0 saturated heterocycles. The molecule has 2 aliphatic heterocycles. The van der Waals surface area contributed by atoms with Crippen LogP contribution in [0.25, 0.3) is 0 Å². The highest BCUT2D eigenvalue weighted by molar-refractivity contribution is 7.99. The molecular formula is C27H27NO5S. The van der Waals surface area contributed by atoms with Crippen LogP contribution in [0.4, 0.5) is 0 Å². The summed E-state index contributed by atoms with van der Waals surface area (Å²) in [6.45, 7) is 0.457. The maximum Gasteiger partial charge on any atom is 0.227 e. The fourth-order valence-electron chi connectivity index (χ4n) is 5.02. The van der Waals surface area contributed by atoms with Gasteiger partial charge in [-0.3, -0.25) is 4.79 Å². The standard InChI is InChI=1S/C27H27NO5S/c1-30-21-11-10-18-20(26(21)33-4)15-28-24(29)13-16-12-22(31-2)23(32-3)14-19(16)25(28)27(18)34-17-8-6-5-7-9-17/h5-12,14,25,27H,13,15H2,1-4H3/t25-,27+/m1/s1. The van der Waals surface area contributed by atoms with Gasteiger partial charge in [-0.2, -0.15) is 0 Å². The fourth-order valence-corrected chi connectivity index (χ4v) is 6.39. The third kappa shape index (κ3) is 3.64. The second-order valence-electron chi connectivity index (χ2n) is 8.27. The third-order valence-corrected chi connectivity index (χ3v) is 7.88. The van der Waals surface area contributed by atoms with E-state index in [2.05, 4.69) is 18.2 Å². The lowest BCUT2D eigenvalue weighted by Crippen LogP contribution is -2.44. The molecule has 2 heterocycles. The van der Waals surface area contributed by atoms with E-state index in [1.54, 1.807) is 40.2 Å². The van der Waals surface area contributed by atoms with Gasteiger partial charge in [0, 0.05) is 10.5 Å². The largest absolute Gasteiger partial charge is 0.493 e. The van der Waals surface area contributed by atoms with Crippen LogP contribution in [0.2, 0.25) is 0 Å². The van der Waals surface area contributed by atoms with E-state index in [1.807, 2.05) is 41.3 Å². The monoisotopic (exact) mass is 477 g/mol. The Bertz CT molecular complexity index is 1230. The molecular weight excluding hydrogens is 450 g/mol. The van der Waals surface area contributed by atoms with Gasteiger partial charge in [-0.25, -0.2) is 0 Å². The first kappa shape index (κ1) is 22.5. The second kappa shape index (κ2) is 9.14. The Morgan fingerprint density at radius 3 is 2.21 bits per heavy atom. The van der Waals surface area contributed by atoms with Gasteiger partial charge >= 0.3 is 0 Å². The first-order valence-corrected chi connectivity index (χ1v) is 12.0. The lowest BCUT2D eigenvalue weighted by molar-refractivity contribution is -0.135. The molecule has 2 atom stereocenters.